The molecule has 0 aliphatic heterocycles. The summed E-state index contributed by atoms with van der Waals surface area (Å²) < 4.78 is 16.6. The lowest BCUT2D eigenvalue weighted by Gasteiger charge is -2.24. The minimum absolute atomic E-state index is 0.588. The average molecular weight is 551 g/mol. The number of ether oxygens (including phenoxy) is 1. The second-order valence-electron chi connectivity index (χ2n) is 9.54. The van der Waals surface area contributed by atoms with E-state index in [4.69, 9.17) is 13.6 Å². The summed E-state index contributed by atoms with van der Waals surface area (Å²) >= 11 is 0. The van der Waals surface area contributed by atoms with Crippen LogP contribution >= 0.6 is 0 Å². The standard InChI is InChI=1S/C24H28N2O4.C5H8N2O.C2H6/c1-15-11-18(12-16(2)21(15)30-24(4,5)23(27)28)13-25-14-20-17(3)29-22(26-20)19-9-7-6-8-10-19;1-3-5-7-6-4(2)8-5;1-2/h6-12,25H,13-14H2,1-5H3,(H,27,28);3H2,1-2H3;1-2H3. The van der Waals surface area contributed by atoms with Crippen LogP contribution in [0.15, 0.2) is 51.3 Å². The number of carboxylic acid groups (broad SMARTS) is 1. The van der Waals surface area contributed by atoms with Crippen LogP contribution in [0.5, 0.6) is 5.75 Å². The Labute approximate surface area is 237 Å². The van der Waals surface area contributed by atoms with Crippen LogP contribution in [0.25, 0.3) is 11.5 Å². The van der Waals surface area contributed by atoms with Crippen molar-refractivity contribution in [2.24, 2.45) is 0 Å². The number of oxazole rings is 1. The number of aliphatic carboxylic acids is 1. The maximum Gasteiger partial charge on any atom is 0.347 e. The Bertz CT molecular complexity index is 1340. The second-order valence-corrected chi connectivity index (χ2v) is 9.54. The Morgan fingerprint density at radius 1 is 0.975 bits per heavy atom. The Kier molecular flexibility index (Phi) is 12.1. The van der Waals surface area contributed by atoms with Gasteiger partial charge in [0.1, 0.15) is 11.5 Å². The normalized spacial score (nSPS) is 10.7. The number of aryl methyl sites for hydroxylation is 5. The van der Waals surface area contributed by atoms with Gasteiger partial charge in [-0.3, -0.25) is 0 Å². The average Bonchev–Trinajstić information content (AvgIpc) is 3.53. The predicted molar refractivity (Wildman–Crippen MR) is 155 cm³/mol. The molecule has 0 saturated carbocycles. The van der Waals surface area contributed by atoms with Crippen LogP contribution in [0.3, 0.4) is 0 Å². The Morgan fingerprint density at radius 3 is 2.10 bits per heavy atom. The van der Waals surface area contributed by atoms with Crippen molar-refractivity contribution in [1.29, 1.82) is 0 Å². The summed E-state index contributed by atoms with van der Waals surface area (Å²) in [6.07, 6.45) is 0.820. The highest BCUT2D eigenvalue weighted by molar-refractivity contribution is 5.77. The number of aromatic nitrogens is 3. The molecule has 0 fully saturated rings. The van der Waals surface area contributed by atoms with Gasteiger partial charge >= 0.3 is 5.97 Å². The molecule has 0 unspecified atom stereocenters. The van der Waals surface area contributed by atoms with Crippen molar-refractivity contribution in [3.05, 3.63) is 82.4 Å². The molecule has 0 amide bonds. The maximum absolute atomic E-state index is 11.4. The molecular weight excluding hydrogens is 508 g/mol. The molecule has 216 valence electrons. The van der Waals surface area contributed by atoms with E-state index in [-0.39, 0.29) is 0 Å². The zero-order valence-electron chi connectivity index (χ0n) is 25.1. The number of carbonyl (C=O) groups is 1. The van der Waals surface area contributed by atoms with Crippen LogP contribution in [0.4, 0.5) is 0 Å². The van der Waals surface area contributed by atoms with Crippen LogP contribution in [0.1, 0.15) is 74.5 Å². The Balaban J connectivity index is 0.000000475. The van der Waals surface area contributed by atoms with E-state index in [9.17, 15) is 9.90 Å². The SMILES string of the molecule is CC.CCc1nnc(C)o1.Cc1cc(CNCc2nc(-c3ccccc3)oc2C)cc(C)c1OC(C)(C)C(=O)O. The molecule has 9 heteroatoms. The second kappa shape index (κ2) is 15.0. The molecule has 0 saturated heterocycles. The van der Waals surface area contributed by atoms with E-state index in [1.165, 1.54) is 0 Å². The van der Waals surface area contributed by atoms with E-state index in [1.807, 2.05) is 84.0 Å². The molecule has 2 aromatic carbocycles. The minimum Gasteiger partial charge on any atom is -0.478 e. The molecule has 2 aromatic heterocycles. The van der Waals surface area contributed by atoms with E-state index >= 15 is 0 Å². The van der Waals surface area contributed by atoms with Gasteiger partial charge in [0.25, 0.3) is 0 Å². The minimum atomic E-state index is -1.28. The zero-order valence-corrected chi connectivity index (χ0v) is 25.1. The fraction of sp³-hybridized carbons (Fsp3) is 0.419. The highest BCUT2D eigenvalue weighted by Crippen LogP contribution is 2.29. The van der Waals surface area contributed by atoms with Gasteiger partial charge in [0.15, 0.2) is 5.60 Å². The highest BCUT2D eigenvalue weighted by atomic mass is 16.5. The third-order valence-electron chi connectivity index (χ3n) is 5.80. The summed E-state index contributed by atoms with van der Waals surface area (Å²) in [7, 11) is 0. The summed E-state index contributed by atoms with van der Waals surface area (Å²) in [4.78, 5) is 16.0. The molecule has 40 heavy (non-hydrogen) atoms. The molecular formula is C31H42N4O5. The summed E-state index contributed by atoms with van der Waals surface area (Å²) in [5.74, 6) is 2.40. The Hall–Kier alpha value is -3.98. The van der Waals surface area contributed by atoms with Gasteiger partial charge in [0, 0.05) is 32.0 Å². The van der Waals surface area contributed by atoms with Crippen molar-refractivity contribution >= 4 is 5.97 Å². The quantitative estimate of drug-likeness (QED) is 0.232. The molecule has 0 atom stereocenters. The van der Waals surface area contributed by atoms with E-state index in [2.05, 4.69) is 20.5 Å². The third-order valence-corrected chi connectivity index (χ3v) is 5.80. The number of nitrogens with zero attached hydrogens (tertiary/aromatic N) is 3. The molecule has 4 rings (SSSR count). The first-order valence-corrected chi connectivity index (χ1v) is 13.5. The summed E-state index contributed by atoms with van der Waals surface area (Å²) in [5.41, 5.74) is 3.46. The molecule has 0 spiro atoms. The van der Waals surface area contributed by atoms with E-state index in [0.29, 0.717) is 36.5 Å². The fourth-order valence-electron chi connectivity index (χ4n) is 3.70. The van der Waals surface area contributed by atoms with E-state index in [0.717, 1.165) is 40.1 Å². The van der Waals surface area contributed by atoms with Crippen LogP contribution in [0, 0.1) is 27.7 Å². The summed E-state index contributed by atoms with van der Waals surface area (Å²) in [6, 6.07) is 13.9. The molecule has 9 nitrogen and oxygen atoms in total. The monoisotopic (exact) mass is 550 g/mol. The van der Waals surface area contributed by atoms with Crippen molar-refractivity contribution in [3.63, 3.8) is 0 Å². The van der Waals surface area contributed by atoms with Crippen molar-refractivity contribution < 1.29 is 23.5 Å². The van der Waals surface area contributed by atoms with Gasteiger partial charge in [-0.1, -0.05) is 51.1 Å². The van der Waals surface area contributed by atoms with Crippen LogP contribution in [-0.2, 0) is 24.3 Å². The van der Waals surface area contributed by atoms with Gasteiger partial charge in [0.2, 0.25) is 17.7 Å². The number of hydrogen-bond acceptors (Lipinski definition) is 8. The lowest BCUT2D eigenvalue weighted by atomic mass is 10.0. The van der Waals surface area contributed by atoms with Crippen LogP contribution in [0.2, 0.25) is 0 Å². The maximum atomic E-state index is 11.4. The number of rotatable bonds is 9. The third kappa shape index (κ3) is 9.05. The van der Waals surface area contributed by atoms with Crippen molar-refractivity contribution in [2.45, 2.75) is 87.4 Å². The molecule has 2 N–H and O–H groups in total. The van der Waals surface area contributed by atoms with E-state index < -0.39 is 11.6 Å². The largest absolute Gasteiger partial charge is 0.478 e. The number of carboxylic acids is 1. The van der Waals surface area contributed by atoms with Crippen LogP contribution < -0.4 is 10.1 Å². The molecule has 0 aliphatic carbocycles. The van der Waals surface area contributed by atoms with Gasteiger partial charge < -0.3 is 24.0 Å². The van der Waals surface area contributed by atoms with Crippen molar-refractivity contribution in [3.8, 4) is 17.2 Å². The number of benzene rings is 2. The molecule has 4 aromatic rings. The fourth-order valence-corrected chi connectivity index (χ4v) is 3.70. The first kappa shape index (κ1) is 32.2. The summed E-state index contributed by atoms with van der Waals surface area (Å²) in [6.45, 7) is 17.9. The first-order valence-electron chi connectivity index (χ1n) is 13.5. The lowest BCUT2D eigenvalue weighted by Crippen LogP contribution is -2.38. The van der Waals surface area contributed by atoms with Gasteiger partial charge in [-0.2, -0.15) is 0 Å². The predicted octanol–water partition coefficient (Wildman–Crippen LogP) is 6.77. The highest BCUT2D eigenvalue weighted by Gasteiger charge is 2.30. The van der Waals surface area contributed by atoms with Crippen molar-refractivity contribution in [1.82, 2.24) is 20.5 Å². The molecule has 2 heterocycles. The first-order chi connectivity index (χ1) is 19.0. The van der Waals surface area contributed by atoms with Crippen LogP contribution in [-0.4, -0.2) is 31.9 Å². The van der Waals surface area contributed by atoms with Crippen molar-refractivity contribution in [2.75, 3.05) is 0 Å². The van der Waals surface area contributed by atoms with Gasteiger partial charge in [-0.15, -0.1) is 10.2 Å². The van der Waals surface area contributed by atoms with Gasteiger partial charge in [-0.25, -0.2) is 9.78 Å². The molecule has 0 radical (unpaired) electrons. The lowest BCUT2D eigenvalue weighted by molar-refractivity contribution is -0.152. The van der Waals surface area contributed by atoms with E-state index in [1.54, 1.807) is 20.8 Å². The topological polar surface area (TPSA) is 124 Å². The molecule has 0 aliphatic rings. The molecule has 0 bridgehead atoms. The van der Waals surface area contributed by atoms with Gasteiger partial charge in [0.05, 0.1) is 5.69 Å². The number of hydrogen-bond donors (Lipinski definition) is 2. The van der Waals surface area contributed by atoms with Gasteiger partial charge in [-0.05, 0) is 63.4 Å². The zero-order chi connectivity index (χ0) is 29.9. The summed E-state index contributed by atoms with van der Waals surface area (Å²) in [5, 5.41) is 20.1. The Morgan fingerprint density at radius 2 is 1.60 bits per heavy atom. The smallest absolute Gasteiger partial charge is 0.347 e. The number of nitrogens with one attached hydrogen (secondary N) is 1.